The van der Waals surface area contributed by atoms with Crippen molar-refractivity contribution in [2.75, 3.05) is 7.05 Å². The zero-order valence-corrected chi connectivity index (χ0v) is 15.3. The lowest BCUT2D eigenvalue weighted by molar-refractivity contribution is 0.0487. The summed E-state index contributed by atoms with van der Waals surface area (Å²) < 4.78 is 5.74. The number of hydrogen-bond acceptors (Lipinski definition) is 3. The van der Waals surface area contributed by atoms with E-state index >= 15 is 0 Å². The molecule has 0 aliphatic rings. The van der Waals surface area contributed by atoms with E-state index in [9.17, 15) is 9.90 Å². The van der Waals surface area contributed by atoms with Crippen LogP contribution >= 0.6 is 0 Å². The highest BCUT2D eigenvalue weighted by molar-refractivity contribution is 5.94. The van der Waals surface area contributed by atoms with Gasteiger partial charge in [-0.25, -0.2) is 0 Å². The lowest BCUT2D eigenvalue weighted by atomic mass is 10.0. The number of ether oxygens (including phenoxy) is 1. The van der Waals surface area contributed by atoms with Crippen LogP contribution in [-0.4, -0.2) is 35.1 Å². The number of benzene rings is 2. The van der Waals surface area contributed by atoms with Crippen LogP contribution in [-0.2, 0) is 0 Å². The number of nitrogens with zero attached hydrogens (tertiary/aromatic N) is 1. The summed E-state index contributed by atoms with van der Waals surface area (Å²) in [4.78, 5) is 14.3. The first-order valence-corrected chi connectivity index (χ1v) is 8.71. The fraction of sp³-hybridized carbons (Fsp3) is 0.381. The molecule has 3 unspecified atom stereocenters. The van der Waals surface area contributed by atoms with Gasteiger partial charge in [0, 0.05) is 12.6 Å². The van der Waals surface area contributed by atoms with Crippen LogP contribution in [0.15, 0.2) is 54.6 Å². The Hall–Kier alpha value is -2.33. The summed E-state index contributed by atoms with van der Waals surface area (Å²) in [6.45, 7) is 5.92. The maximum Gasteiger partial charge on any atom is 0.253 e. The average Bonchev–Trinajstić information content (AvgIpc) is 2.66. The number of likely N-dealkylation sites (N-methyl/N-ethyl adjacent to an activating group) is 1. The van der Waals surface area contributed by atoms with Crippen LogP contribution in [0.2, 0.25) is 0 Å². The minimum absolute atomic E-state index is 0.127. The molecule has 0 aliphatic carbocycles. The molecular formula is C21H27NO3. The molecule has 4 heteroatoms. The van der Waals surface area contributed by atoms with E-state index in [2.05, 4.69) is 6.92 Å². The van der Waals surface area contributed by atoms with Gasteiger partial charge in [0.25, 0.3) is 5.91 Å². The van der Waals surface area contributed by atoms with Gasteiger partial charge in [0.2, 0.25) is 0 Å². The number of aliphatic hydroxyl groups excluding tert-OH is 1. The maximum atomic E-state index is 12.7. The summed E-state index contributed by atoms with van der Waals surface area (Å²) >= 11 is 0. The molecule has 0 fully saturated rings. The Bertz CT molecular complexity index is 669. The molecule has 0 saturated carbocycles. The van der Waals surface area contributed by atoms with E-state index in [4.69, 9.17) is 4.74 Å². The fourth-order valence-electron chi connectivity index (χ4n) is 2.52. The highest BCUT2D eigenvalue weighted by atomic mass is 16.5. The van der Waals surface area contributed by atoms with Crippen molar-refractivity contribution in [1.82, 2.24) is 4.90 Å². The number of aliphatic hydroxyl groups is 1. The van der Waals surface area contributed by atoms with E-state index in [-0.39, 0.29) is 18.1 Å². The Labute approximate surface area is 150 Å². The monoisotopic (exact) mass is 341 g/mol. The van der Waals surface area contributed by atoms with Gasteiger partial charge in [-0.2, -0.15) is 0 Å². The minimum atomic E-state index is -0.733. The molecule has 3 atom stereocenters. The van der Waals surface area contributed by atoms with Crippen molar-refractivity contribution >= 4 is 5.91 Å². The van der Waals surface area contributed by atoms with Crippen LogP contribution in [0.1, 0.15) is 49.2 Å². The van der Waals surface area contributed by atoms with Crippen molar-refractivity contribution < 1.29 is 14.6 Å². The quantitative estimate of drug-likeness (QED) is 0.826. The van der Waals surface area contributed by atoms with E-state index in [1.54, 1.807) is 24.1 Å². The zero-order chi connectivity index (χ0) is 18.4. The van der Waals surface area contributed by atoms with Gasteiger partial charge in [0.05, 0.1) is 18.2 Å². The van der Waals surface area contributed by atoms with Crippen molar-refractivity contribution in [1.29, 1.82) is 0 Å². The first kappa shape index (κ1) is 19.0. The van der Waals surface area contributed by atoms with Crippen LogP contribution in [0.25, 0.3) is 0 Å². The lowest BCUT2D eigenvalue weighted by Crippen LogP contribution is -2.39. The molecule has 0 spiro atoms. The van der Waals surface area contributed by atoms with E-state index in [0.717, 1.165) is 17.7 Å². The molecule has 0 saturated heterocycles. The van der Waals surface area contributed by atoms with Gasteiger partial charge < -0.3 is 14.7 Å². The molecule has 1 amide bonds. The molecule has 1 N–H and O–H groups in total. The van der Waals surface area contributed by atoms with Gasteiger partial charge in [-0.05, 0) is 50.1 Å². The Morgan fingerprint density at radius 1 is 1.08 bits per heavy atom. The van der Waals surface area contributed by atoms with Crippen LogP contribution in [0, 0.1) is 0 Å². The van der Waals surface area contributed by atoms with Gasteiger partial charge in [-0.15, -0.1) is 0 Å². The molecule has 2 rings (SSSR count). The van der Waals surface area contributed by atoms with Crippen LogP contribution in [0.4, 0.5) is 0 Å². The van der Waals surface area contributed by atoms with Crippen molar-refractivity contribution in [3.8, 4) is 5.75 Å². The standard InChI is InChI=1S/C21H27NO3/c1-5-15(2)25-19-13-11-18(12-14-19)21(24)22(4)16(3)20(23)17-9-7-6-8-10-17/h6-16,20,23H,5H2,1-4H3. The molecule has 134 valence electrons. The first-order chi connectivity index (χ1) is 11.9. The third-order valence-corrected chi connectivity index (χ3v) is 4.54. The Kier molecular flexibility index (Phi) is 6.59. The fourth-order valence-corrected chi connectivity index (χ4v) is 2.52. The van der Waals surface area contributed by atoms with E-state index in [0.29, 0.717) is 5.56 Å². The van der Waals surface area contributed by atoms with Gasteiger partial charge in [-0.1, -0.05) is 37.3 Å². The third kappa shape index (κ3) is 4.83. The summed E-state index contributed by atoms with van der Waals surface area (Å²) in [6, 6.07) is 16.2. The number of hydrogen-bond donors (Lipinski definition) is 1. The van der Waals surface area contributed by atoms with Crippen molar-refractivity contribution in [3.05, 3.63) is 65.7 Å². The van der Waals surface area contributed by atoms with Gasteiger partial charge in [0.15, 0.2) is 0 Å². The van der Waals surface area contributed by atoms with E-state index in [1.807, 2.05) is 56.3 Å². The van der Waals surface area contributed by atoms with E-state index < -0.39 is 6.10 Å². The Morgan fingerprint density at radius 3 is 2.24 bits per heavy atom. The Balaban J connectivity index is 2.06. The van der Waals surface area contributed by atoms with Gasteiger partial charge in [-0.3, -0.25) is 4.79 Å². The van der Waals surface area contributed by atoms with Crippen LogP contribution < -0.4 is 4.74 Å². The summed E-state index contributed by atoms with van der Waals surface area (Å²) in [7, 11) is 1.71. The number of carbonyl (C=O) groups is 1. The molecule has 0 aliphatic heterocycles. The second-order valence-electron chi connectivity index (χ2n) is 6.37. The second kappa shape index (κ2) is 8.67. The number of rotatable bonds is 7. The van der Waals surface area contributed by atoms with Crippen molar-refractivity contribution in [2.24, 2.45) is 0 Å². The molecule has 0 bridgehead atoms. The molecule has 0 radical (unpaired) electrons. The van der Waals surface area contributed by atoms with Gasteiger partial charge >= 0.3 is 0 Å². The molecule has 2 aromatic rings. The van der Waals surface area contributed by atoms with Crippen LogP contribution in [0.3, 0.4) is 0 Å². The molecule has 0 heterocycles. The highest BCUT2D eigenvalue weighted by Crippen LogP contribution is 2.22. The maximum absolute atomic E-state index is 12.7. The molecule has 25 heavy (non-hydrogen) atoms. The molecule has 2 aromatic carbocycles. The number of amides is 1. The molecular weight excluding hydrogens is 314 g/mol. The van der Waals surface area contributed by atoms with Crippen molar-refractivity contribution in [2.45, 2.75) is 45.4 Å². The Morgan fingerprint density at radius 2 is 1.68 bits per heavy atom. The van der Waals surface area contributed by atoms with E-state index in [1.165, 1.54) is 0 Å². The molecule has 4 nitrogen and oxygen atoms in total. The summed E-state index contributed by atoms with van der Waals surface area (Å²) in [5.41, 5.74) is 1.37. The first-order valence-electron chi connectivity index (χ1n) is 8.71. The number of carbonyl (C=O) groups excluding carboxylic acids is 1. The average molecular weight is 341 g/mol. The second-order valence-corrected chi connectivity index (χ2v) is 6.37. The third-order valence-electron chi connectivity index (χ3n) is 4.54. The topological polar surface area (TPSA) is 49.8 Å². The van der Waals surface area contributed by atoms with Crippen LogP contribution in [0.5, 0.6) is 5.75 Å². The predicted molar refractivity (Wildman–Crippen MR) is 99.8 cm³/mol. The lowest BCUT2D eigenvalue weighted by Gasteiger charge is -2.29. The van der Waals surface area contributed by atoms with Crippen molar-refractivity contribution in [3.63, 3.8) is 0 Å². The smallest absolute Gasteiger partial charge is 0.253 e. The largest absolute Gasteiger partial charge is 0.491 e. The predicted octanol–water partition coefficient (Wildman–Crippen LogP) is 4.06. The normalized spacial score (nSPS) is 14.4. The minimum Gasteiger partial charge on any atom is -0.491 e. The molecule has 0 aromatic heterocycles. The summed E-state index contributed by atoms with van der Waals surface area (Å²) in [5.74, 6) is 0.628. The highest BCUT2D eigenvalue weighted by Gasteiger charge is 2.24. The van der Waals surface area contributed by atoms with Gasteiger partial charge in [0.1, 0.15) is 5.75 Å². The zero-order valence-electron chi connectivity index (χ0n) is 15.3. The summed E-state index contributed by atoms with van der Waals surface area (Å²) in [6.07, 6.45) is 0.339. The summed E-state index contributed by atoms with van der Waals surface area (Å²) in [5, 5.41) is 10.5. The SMILES string of the molecule is CCC(C)Oc1ccc(C(=O)N(C)C(C)C(O)c2ccccc2)cc1.